The number of hydrogen-bond acceptors (Lipinski definition) is 9. The second-order valence-electron chi connectivity index (χ2n) is 9.32. The molecule has 1 heterocycles. The lowest BCUT2D eigenvalue weighted by atomic mass is 9.60. The molecule has 11 nitrogen and oxygen atoms in total. The molecule has 0 radical (unpaired) electrons. The summed E-state index contributed by atoms with van der Waals surface area (Å²) in [5.74, 6) is -3.95. The molecule has 1 aromatic rings. The first-order valence-electron chi connectivity index (χ1n) is 12.2. The van der Waals surface area contributed by atoms with E-state index in [2.05, 4.69) is 10.5 Å². The van der Waals surface area contributed by atoms with Gasteiger partial charge >= 0.3 is 12.1 Å². The highest BCUT2D eigenvalue weighted by molar-refractivity contribution is 6.06. The van der Waals surface area contributed by atoms with Crippen molar-refractivity contribution in [2.45, 2.75) is 51.4 Å². The molecule has 11 heteroatoms. The molecule has 4 rings (SSSR count). The highest BCUT2D eigenvalue weighted by atomic mass is 16.6. The maximum absolute atomic E-state index is 13.3. The van der Waals surface area contributed by atoms with Gasteiger partial charge in [0, 0.05) is 30.5 Å². The molecule has 3 aliphatic rings. The van der Waals surface area contributed by atoms with Gasteiger partial charge in [-0.1, -0.05) is 30.3 Å². The predicted octanol–water partition coefficient (Wildman–Crippen LogP) is 0.975. The number of hydrazone groups is 1. The van der Waals surface area contributed by atoms with Crippen LogP contribution in [0.5, 0.6) is 0 Å². The van der Waals surface area contributed by atoms with E-state index in [0.29, 0.717) is 18.6 Å². The first-order valence-corrected chi connectivity index (χ1v) is 12.2. The lowest BCUT2D eigenvalue weighted by molar-refractivity contribution is -0.145. The van der Waals surface area contributed by atoms with Crippen LogP contribution in [0.4, 0.5) is 4.79 Å². The number of nitrogens with one attached hydrogen (secondary N) is 1. The van der Waals surface area contributed by atoms with Crippen molar-refractivity contribution in [3.05, 3.63) is 35.9 Å². The summed E-state index contributed by atoms with van der Waals surface area (Å²) in [5, 5.41) is 25.5. The highest BCUT2D eigenvalue weighted by Crippen LogP contribution is 2.49. The Morgan fingerprint density at radius 3 is 2.53 bits per heavy atom. The van der Waals surface area contributed by atoms with Crippen LogP contribution in [0.3, 0.4) is 0 Å². The Hall–Kier alpha value is -3.31. The summed E-state index contributed by atoms with van der Waals surface area (Å²) in [6.45, 7) is 1.85. The molecule has 6 atom stereocenters. The minimum Gasteiger partial charge on any atom is -0.466 e. The third kappa shape index (κ3) is 5.26. The van der Waals surface area contributed by atoms with E-state index in [1.54, 1.807) is 6.92 Å². The fourth-order valence-electron chi connectivity index (χ4n) is 5.59. The van der Waals surface area contributed by atoms with Gasteiger partial charge in [-0.25, -0.2) is 10.2 Å². The van der Waals surface area contributed by atoms with E-state index in [9.17, 15) is 29.4 Å². The van der Waals surface area contributed by atoms with Crippen molar-refractivity contribution in [3.8, 4) is 0 Å². The van der Waals surface area contributed by atoms with Crippen molar-refractivity contribution in [2.75, 3.05) is 13.2 Å². The molecular weight excluding hydrogens is 470 g/mol. The van der Waals surface area contributed by atoms with Gasteiger partial charge in [0.2, 0.25) is 11.8 Å². The van der Waals surface area contributed by atoms with Gasteiger partial charge < -0.3 is 19.7 Å². The van der Waals surface area contributed by atoms with E-state index in [1.165, 1.54) is 0 Å². The van der Waals surface area contributed by atoms with Gasteiger partial charge in [-0.15, -0.1) is 0 Å². The molecule has 1 saturated heterocycles. The number of esters is 1. The number of rotatable bonds is 7. The summed E-state index contributed by atoms with van der Waals surface area (Å²) >= 11 is 0. The highest BCUT2D eigenvalue weighted by Gasteiger charge is 2.59. The zero-order valence-electron chi connectivity index (χ0n) is 20.0. The van der Waals surface area contributed by atoms with Crippen LogP contribution in [-0.4, -0.2) is 70.1 Å². The molecule has 0 unspecified atom stereocenters. The number of carbonyl (C=O) groups excluding carboxylic acids is 4. The summed E-state index contributed by atoms with van der Waals surface area (Å²) in [7, 11) is 0. The van der Waals surface area contributed by atoms with Crippen molar-refractivity contribution in [1.29, 1.82) is 0 Å². The van der Waals surface area contributed by atoms with E-state index in [0.717, 1.165) is 10.5 Å². The van der Waals surface area contributed by atoms with Crippen LogP contribution in [0.25, 0.3) is 0 Å². The standard InChI is InChI=1S/C25H31N3O8/c1-2-35-19(30)10-11-28-23(32)16-9-8-15-17(12-18(29)22(31)20(15)21(16)24(28)33)26-27-25(34)36-13-14-6-4-3-5-7-14/h3-7,15-16,18,20-22,29,31H,2,8-13H2,1H3,(H,27,34)/t15-,16+,18+,20-,21-,22+/m0/s1. The van der Waals surface area contributed by atoms with Gasteiger partial charge in [0.25, 0.3) is 0 Å². The molecule has 2 aliphatic carbocycles. The van der Waals surface area contributed by atoms with Crippen LogP contribution < -0.4 is 5.43 Å². The Labute approximate surface area is 208 Å². The minimum atomic E-state index is -1.23. The number of carbonyl (C=O) groups is 4. The number of aliphatic hydroxyl groups is 2. The quantitative estimate of drug-likeness (QED) is 0.284. The van der Waals surface area contributed by atoms with Gasteiger partial charge in [-0.05, 0) is 25.3 Å². The Morgan fingerprint density at radius 2 is 1.81 bits per heavy atom. The van der Waals surface area contributed by atoms with E-state index < -0.39 is 53.8 Å². The van der Waals surface area contributed by atoms with Gasteiger partial charge in [0.15, 0.2) is 0 Å². The van der Waals surface area contributed by atoms with Crippen LogP contribution in [0.2, 0.25) is 0 Å². The van der Waals surface area contributed by atoms with Crippen molar-refractivity contribution in [2.24, 2.45) is 28.8 Å². The molecule has 36 heavy (non-hydrogen) atoms. The monoisotopic (exact) mass is 501 g/mol. The van der Waals surface area contributed by atoms with Gasteiger partial charge in [-0.2, -0.15) is 5.10 Å². The summed E-state index contributed by atoms with van der Waals surface area (Å²) in [6, 6.07) is 9.14. The summed E-state index contributed by atoms with van der Waals surface area (Å²) in [6.07, 6.45) is -2.43. The van der Waals surface area contributed by atoms with Crippen LogP contribution in [0.15, 0.2) is 35.4 Å². The smallest absolute Gasteiger partial charge is 0.428 e. The van der Waals surface area contributed by atoms with Gasteiger partial charge in [-0.3, -0.25) is 19.3 Å². The number of nitrogens with zero attached hydrogens (tertiary/aromatic N) is 2. The largest absolute Gasteiger partial charge is 0.466 e. The van der Waals surface area contributed by atoms with Crippen molar-refractivity contribution in [3.63, 3.8) is 0 Å². The molecule has 194 valence electrons. The number of ether oxygens (including phenoxy) is 2. The van der Waals surface area contributed by atoms with E-state index >= 15 is 0 Å². The second kappa shape index (κ2) is 11.2. The van der Waals surface area contributed by atoms with Crippen molar-refractivity contribution >= 4 is 29.6 Å². The van der Waals surface area contributed by atoms with E-state index in [1.807, 2.05) is 30.3 Å². The Balaban J connectivity index is 1.45. The van der Waals surface area contributed by atoms with Crippen LogP contribution in [0.1, 0.15) is 38.2 Å². The Morgan fingerprint density at radius 1 is 1.08 bits per heavy atom. The summed E-state index contributed by atoms with van der Waals surface area (Å²) in [5.41, 5.74) is 3.60. The number of likely N-dealkylation sites (tertiary alicyclic amines) is 1. The normalized spacial score (nSPS) is 30.5. The topological polar surface area (TPSA) is 155 Å². The van der Waals surface area contributed by atoms with Gasteiger partial charge in [0.05, 0.1) is 37.1 Å². The Bertz CT molecular complexity index is 1030. The molecule has 3 N–H and O–H groups in total. The maximum atomic E-state index is 13.3. The fraction of sp³-hybridized carbons (Fsp3) is 0.560. The van der Waals surface area contributed by atoms with Crippen LogP contribution in [-0.2, 0) is 30.5 Å². The maximum Gasteiger partial charge on any atom is 0.428 e. The van der Waals surface area contributed by atoms with Crippen LogP contribution >= 0.6 is 0 Å². The molecular formula is C25H31N3O8. The molecule has 3 fully saturated rings. The summed E-state index contributed by atoms with van der Waals surface area (Å²) in [4.78, 5) is 51.2. The average Bonchev–Trinajstić information content (AvgIpc) is 3.12. The molecule has 0 aromatic heterocycles. The summed E-state index contributed by atoms with van der Waals surface area (Å²) < 4.78 is 10.1. The third-order valence-electron chi connectivity index (χ3n) is 7.22. The molecule has 0 spiro atoms. The number of hydrogen-bond donors (Lipinski definition) is 3. The first-order chi connectivity index (χ1) is 17.3. The minimum absolute atomic E-state index is 0.0212. The van der Waals surface area contributed by atoms with Crippen molar-refractivity contribution in [1.82, 2.24) is 10.3 Å². The van der Waals surface area contributed by atoms with Gasteiger partial charge in [0.1, 0.15) is 6.61 Å². The van der Waals surface area contributed by atoms with Crippen molar-refractivity contribution < 1.29 is 38.9 Å². The first kappa shape index (κ1) is 25.8. The zero-order valence-corrected chi connectivity index (χ0v) is 20.0. The van der Waals surface area contributed by atoms with E-state index in [-0.39, 0.29) is 38.5 Å². The van der Waals surface area contributed by atoms with Crippen LogP contribution in [0, 0.1) is 23.7 Å². The molecule has 2 saturated carbocycles. The molecule has 3 amide bonds. The number of benzene rings is 1. The number of fused-ring (bicyclic) bond motifs is 3. The second-order valence-corrected chi connectivity index (χ2v) is 9.32. The SMILES string of the molecule is CCOC(=O)CCN1C(=O)[C@@H]2[C@H]3[C@H](O)[C@H](O)CC(=NNC(=O)OCc4ccccc4)[C@@H]3CC[C@H]2C1=O. The molecule has 1 aromatic carbocycles. The molecule has 1 aliphatic heterocycles. The average molecular weight is 502 g/mol. The number of aliphatic hydroxyl groups excluding tert-OH is 2. The lowest BCUT2D eigenvalue weighted by Crippen LogP contribution is -2.55. The molecule has 0 bridgehead atoms. The third-order valence-corrected chi connectivity index (χ3v) is 7.22. The predicted molar refractivity (Wildman–Crippen MR) is 125 cm³/mol. The number of imide groups is 1. The lowest BCUT2D eigenvalue weighted by Gasteiger charge is -2.45. The Kier molecular flexibility index (Phi) is 8.00. The zero-order chi connectivity index (χ0) is 25.8. The van der Waals surface area contributed by atoms with E-state index in [4.69, 9.17) is 9.47 Å². The number of amides is 3. The fourth-order valence-corrected chi connectivity index (χ4v) is 5.59.